The minimum atomic E-state index is -0.146. The summed E-state index contributed by atoms with van der Waals surface area (Å²) in [4.78, 5) is 27.4. The third-order valence-corrected chi connectivity index (χ3v) is 7.28. The topological polar surface area (TPSA) is 80.1 Å². The molecule has 9 heteroatoms. The van der Waals surface area contributed by atoms with Crippen molar-refractivity contribution in [3.05, 3.63) is 70.0 Å². The normalized spacial score (nSPS) is 15.6. The summed E-state index contributed by atoms with van der Waals surface area (Å²) >= 11 is 7.44. The maximum Gasteiger partial charge on any atom is 0.254 e. The number of hydrogen-bond acceptors (Lipinski definition) is 5. The van der Waals surface area contributed by atoms with Gasteiger partial charge in [-0.25, -0.2) is 0 Å². The van der Waals surface area contributed by atoms with Crippen molar-refractivity contribution in [2.45, 2.75) is 37.9 Å². The molecule has 2 aromatic carbocycles. The third-order valence-electron chi connectivity index (χ3n) is 5.85. The van der Waals surface area contributed by atoms with Crippen molar-refractivity contribution in [2.75, 3.05) is 17.6 Å². The van der Waals surface area contributed by atoms with Crippen molar-refractivity contribution in [3.63, 3.8) is 0 Å². The van der Waals surface area contributed by atoms with Gasteiger partial charge in [0, 0.05) is 29.9 Å². The summed E-state index contributed by atoms with van der Waals surface area (Å²) in [6.07, 6.45) is 1.75. The van der Waals surface area contributed by atoms with E-state index in [2.05, 4.69) is 15.5 Å². The van der Waals surface area contributed by atoms with Crippen LogP contribution in [0, 0.1) is 13.8 Å². The van der Waals surface area contributed by atoms with Crippen molar-refractivity contribution in [1.29, 1.82) is 0 Å². The van der Waals surface area contributed by atoms with Crippen LogP contribution < -0.4 is 5.32 Å². The number of carbonyl (C=O) groups excluding carboxylic acids is 2. The van der Waals surface area contributed by atoms with Crippen LogP contribution >= 0.6 is 23.4 Å². The number of nitrogens with zero attached hydrogens (tertiary/aromatic N) is 4. The zero-order valence-corrected chi connectivity index (χ0v) is 20.4. The molecule has 2 heterocycles. The fraction of sp³-hybridized carbons (Fsp3) is 0.333. The molecule has 0 bridgehead atoms. The summed E-state index contributed by atoms with van der Waals surface area (Å²) in [6.45, 7) is 4.56. The van der Waals surface area contributed by atoms with E-state index in [4.69, 9.17) is 11.6 Å². The van der Waals surface area contributed by atoms with Crippen LogP contribution in [0.3, 0.4) is 0 Å². The Balaban J connectivity index is 1.42. The molecule has 0 spiro atoms. The minimum Gasteiger partial charge on any atom is -0.328 e. The molecule has 1 aromatic heterocycles. The van der Waals surface area contributed by atoms with Gasteiger partial charge >= 0.3 is 0 Å². The van der Waals surface area contributed by atoms with Gasteiger partial charge in [0.05, 0.1) is 11.8 Å². The summed E-state index contributed by atoms with van der Waals surface area (Å²) in [6, 6.07) is 12.9. The molecule has 2 amide bonds. The first-order valence-electron chi connectivity index (χ1n) is 10.8. The lowest BCUT2D eigenvalue weighted by Crippen LogP contribution is -2.31. The van der Waals surface area contributed by atoms with Gasteiger partial charge in [0.1, 0.15) is 0 Å². The van der Waals surface area contributed by atoms with Crippen LogP contribution in [-0.4, -0.2) is 43.8 Å². The summed E-state index contributed by atoms with van der Waals surface area (Å²) < 4.78 is 1.88. The highest BCUT2D eigenvalue weighted by Crippen LogP contribution is 2.33. The van der Waals surface area contributed by atoms with Crippen LogP contribution in [0.5, 0.6) is 0 Å². The third kappa shape index (κ3) is 5.07. The molecule has 1 N–H and O–H groups in total. The zero-order chi connectivity index (χ0) is 23.5. The first kappa shape index (κ1) is 23.3. The second-order valence-corrected chi connectivity index (χ2v) is 9.52. The Bertz CT molecular complexity index is 1180. The van der Waals surface area contributed by atoms with Gasteiger partial charge in [0.15, 0.2) is 11.0 Å². The highest BCUT2D eigenvalue weighted by atomic mass is 35.5. The summed E-state index contributed by atoms with van der Waals surface area (Å²) in [5, 5.41) is 12.8. The van der Waals surface area contributed by atoms with E-state index in [0.717, 1.165) is 29.8 Å². The predicted molar refractivity (Wildman–Crippen MR) is 131 cm³/mol. The van der Waals surface area contributed by atoms with Crippen molar-refractivity contribution < 1.29 is 9.59 Å². The molecule has 0 saturated carbocycles. The number of hydrogen-bond donors (Lipinski definition) is 1. The second-order valence-electron chi connectivity index (χ2n) is 8.17. The first-order valence-corrected chi connectivity index (χ1v) is 12.2. The SMILES string of the molecule is Cc1ccc(C(=O)N2CCCC2c2nnc(SCC(=O)Nc3cccc(Cl)c3C)n2C)cc1. The predicted octanol–water partition coefficient (Wildman–Crippen LogP) is 4.79. The van der Waals surface area contributed by atoms with Crippen LogP contribution in [0.2, 0.25) is 5.02 Å². The van der Waals surface area contributed by atoms with Gasteiger partial charge in [-0.05, 0) is 56.5 Å². The number of aromatic nitrogens is 3. The van der Waals surface area contributed by atoms with Gasteiger partial charge in [-0.2, -0.15) is 0 Å². The van der Waals surface area contributed by atoms with Crippen LogP contribution in [0.25, 0.3) is 0 Å². The molecule has 1 fully saturated rings. The van der Waals surface area contributed by atoms with E-state index in [0.29, 0.717) is 28.0 Å². The molecule has 1 aliphatic rings. The Hall–Kier alpha value is -2.84. The van der Waals surface area contributed by atoms with E-state index in [1.54, 1.807) is 12.1 Å². The first-order chi connectivity index (χ1) is 15.8. The lowest BCUT2D eigenvalue weighted by molar-refractivity contribution is -0.113. The average Bonchev–Trinajstić information content (AvgIpc) is 3.42. The fourth-order valence-electron chi connectivity index (χ4n) is 3.94. The summed E-state index contributed by atoms with van der Waals surface area (Å²) in [5.41, 5.74) is 3.33. The van der Waals surface area contributed by atoms with Crippen LogP contribution in [0.1, 0.15) is 46.2 Å². The van der Waals surface area contributed by atoms with Crippen LogP contribution in [-0.2, 0) is 11.8 Å². The van der Waals surface area contributed by atoms with Crippen molar-refractivity contribution in [2.24, 2.45) is 7.05 Å². The smallest absolute Gasteiger partial charge is 0.254 e. The molecule has 4 rings (SSSR count). The molecule has 3 aromatic rings. The van der Waals surface area contributed by atoms with Gasteiger partial charge in [-0.3, -0.25) is 9.59 Å². The van der Waals surface area contributed by atoms with Gasteiger partial charge in [-0.1, -0.05) is 47.1 Å². The Kier molecular flexibility index (Phi) is 7.05. The maximum atomic E-state index is 13.1. The van der Waals surface area contributed by atoms with Gasteiger partial charge < -0.3 is 14.8 Å². The molecule has 0 radical (unpaired) electrons. The number of nitrogens with one attached hydrogen (secondary N) is 1. The molecule has 33 heavy (non-hydrogen) atoms. The molecule has 7 nitrogen and oxygen atoms in total. The fourth-order valence-corrected chi connectivity index (χ4v) is 4.83. The van der Waals surface area contributed by atoms with Gasteiger partial charge in [0.25, 0.3) is 5.91 Å². The van der Waals surface area contributed by atoms with Crippen molar-refractivity contribution >= 4 is 40.9 Å². The van der Waals surface area contributed by atoms with E-state index >= 15 is 0 Å². The Morgan fingerprint density at radius 1 is 1.15 bits per heavy atom. The Morgan fingerprint density at radius 3 is 2.67 bits per heavy atom. The molecule has 0 aliphatic carbocycles. The lowest BCUT2D eigenvalue weighted by Gasteiger charge is -2.24. The van der Waals surface area contributed by atoms with Crippen molar-refractivity contribution in [3.8, 4) is 0 Å². The highest BCUT2D eigenvalue weighted by molar-refractivity contribution is 7.99. The van der Waals surface area contributed by atoms with E-state index in [1.807, 2.05) is 60.7 Å². The Labute approximate surface area is 202 Å². The number of halogens is 1. The summed E-state index contributed by atoms with van der Waals surface area (Å²) in [7, 11) is 1.88. The number of aryl methyl sites for hydroxylation is 1. The number of rotatable bonds is 6. The van der Waals surface area contributed by atoms with E-state index in [-0.39, 0.29) is 23.6 Å². The maximum absolute atomic E-state index is 13.1. The van der Waals surface area contributed by atoms with Crippen molar-refractivity contribution in [1.82, 2.24) is 19.7 Å². The monoisotopic (exact) mass is 483 g/mol. The zero-order valence-electron chi connectivity index (χ0n) is 18.8. The largest absolute Gasteiger partial charge is 0.328 e. The molecule has 1 saturated heterocycles. The quantitative estimate of drug-likeness (QED) is 0.510. The lowest BCUT2D eigenvalue weighted by atomic mass is 10.1. The molecule has 1 unspecified atom stereocenters. The molecule has 1 aliphatic heterocycles. The van der Waals surface area contributed by atoms with Gasteiger partial charge in [-0.15, -0.1) is 10.2 Å². The number of thioether (sulfide) groups is 1. The van der Waals surface area contributed by atoms with Crippen LogP contribution in [0.15, 0.2) is 47.6 Å². The van der Waals surface area contributed by atoms with E-state index < -0.39 is 0 Å². The summed E-state index contributed by atoms with van der Waals surface area (Å²) in [5.74, 6) is 0.786. The number of carbonyl (C=O) groups is 2. The number of amides is 2. The highest BCUT2D eigenvalue weighted by Gasteiger charge is 2.34. The molecule has 172 valence electrons. The minimum absolute atomic E-state index is 0.00553. The van der Waals surface area contributed by atoms with E-state index in [1.165, 1.54) is 11.8 Å². The molecule has 1 atom stereocenters. The number of benzene rings is 2. The Morgan fingerprint density at radius 2 is 1.91 bits per heavy atom. The second kappa shape index (κ2) is 9.97. The van der Waals surface area contributed by atoms with Crippen LogP contribution in [0.4, 0.5) is 5.69 Å². The van der Waals surface area contributed by atoms with E-state index in [9.17, 15) is 9.59 Å². The molecular weight excluding hydrogens is 458 g/mol. The van der Waals surface area contributed by atoms with Gasteiger partial charge in [0.2, 0.25) is 5.91 Å². The molecular formula is C24H26ClN5O2S. The number of anilines is 1. The average molecular weight is 484 g/mol. The number of likely N-dealkylation sites (tertiary alicyclic amines) is 1. The standard InChI is InChI=1S/C24H26ClN5O2S/c1-15-9-11-17(12-10-15)23(32)30-13-5-8-20(30)22-27-28-24(29(22)3)33-14-21(31)26-19-7-4-6-18(25)16(19)2/h4,6-7,9-12,20H,5,8,13-14H2,1-3H3,(H,26,31).